The van der Waals surface area contributed by atoms with E-state index in [1.54, 1.807) is 0 Å². The van der Waals surface area contributed by atoms with E-state index in [1.165, 1.54) is 25.7 Å². The van der Waals surface area contributed by atoms with Gasteiger partial charge in [-0.3, -0.25) is 4.79 Å². The van der Waals surface area contributed by atoms with E-state index in [4.69, 9.17) is 0 Å². The molecule has 29 heavy (non-hydrogen) atoms. The van der Waals surface area contributed by atoms with Crippen molar-refractivity contribution in [2.45, 2.75) is 64.8 Å². The minimum Gasteiger partial charge on any atom is -0.478 e. The number of amides is 1. The molecule has 6 atom stereocenters. The number of carboxylic acid groups (broad SMARTS) is 1. The second kappa shape index (κ2) is 6.45. The van der Waals surface area contributed by atoms with Gasteiger partial charge < -0.3 is 10.0 Å². The predicted molar refractivity (Wildman–Crippen MR) is 112 cm³/mol. The molecule has 4 nitrogen and oxygen atoms in total. The van der Waals surface area contributed by atoms with E-state index in [0.717, 1.165) is 30.9 Å². The molecule has 0 saturated heterocycles. The Morgan fingerprint density at radius 1 is 1.03 bits per heavy atom. The Morgan fingerprint density at radius 3 is 2.52 bits per heavy atom. The number of carbonyl (C=O) groups excluding carboxylic acids is 1. The second-order valence-corrected chi connectivity index (χ2v) is 10.3. The van der Waals surface area contributed by atoms with E-state index in [-0.39, 0.29) is 22.9 Å². The van der Waals surface area contributed by atoms with Crippen LogP contribution in [0.5, 0.6) is 0 Å². The lowest BCUT2D eigenvalue weighted by molar-refractivity contribution is -0.136. The molecule has 4 heteroatoms. The average Bonchev–Trinajstić information content (AvgIpc) is 3.10. The van der Waals surface area contributed by atoms with Gasteiger partial charge in [-0.25, -0.2) is 4.79 Å². The van der Waals surface area contributed by atoms with Crippen molar-refractivity contribution in [3.05, 3.63) is 42.0 Å². The Bertz CT molecular complexity index is 877. The highest BCUT2D eigenvalue weighted by Gasteiger charge is 2.59. The Hall–Kier alpha value is -2.10. The highest BCUT2D eigenvalue weighted by Crippen LogP contribution is 2.64. The largest absolute Gasteiger partial charge is 0.478 e. The second-order valence-electron chi connectivity index (χ2n) is 10.3. The first-order valence-electron chi connectivity index (χ1n) is 11.2. The van der Waals surface area contributed by atoms with Gasteiger partial charge in [0.05, 0.1) is 0 Å². The van der Waals surface area contributed by atoms with Gasteiger partial charge >= 0.3 is 5.97 Å². The van der Waals surface area contributed by atoms with Gasteiger partial charge in [0.1, 0.15) is 5.57 Å². The quantitative estimate of drug-likeness (QED) is 0.716. The first-order valence-corrected chi connectivity index (χ1v) is 11.2. The molecule has 1 aliphatic heterocycles. The zero-order valence-electron chi connectivity index (χ0n) is 17.4. The molecule has 1 amide bonds. The summed E-state index contributed by atoms with van der Waals surface area (Å²) in [6.45, 7) is 4.71. The summed E-state index contributed by atoms with van der Waals surface area (Å²) in [5.41, 5.74) is 0.950. The standard InChI is InChI=1S/C25H31NO3/c1-24-13-6-9-19(24)17-10-11-21-25(2,20(17)12-14-24)15-18(23(28)29)22(27)26(21)16-7-4-3-5-8-16/h3-5,7-8,15,17,19-21H,6,9-14H2,1-2H3,(H,28,29)/t17-,19-,20+,21?,24-,25+/m0/s1. The fourth-order valence-corrected chi connectivity index (χ4v) is 7.66. The molecule has 3 saturated carbocycles. The molecule has 1 aromatic carbocycles. The van der Waals surface area contributed by atoms with Crippen LogP contribution in [0.2, 0.25) is 0 Å². The molecule has 154 valence electrons. The van der Waals surface area contributed by atoms with Crippen LogP contribution in [0, 0.1) is 28.6 Å². The summed E-state index contributed by atoms with van der Waals surface area (Å²) in [6.07, 6.45) is 10.3. The van der Waals surface area contributed by atoms with Gasteiger partial charge in [0.15, 0.2) is 0 Å². The van der Waals surface area contributed by atoms with E-state index >= 15 is 0 Å². The molecule has 1 unspecified atom stereocenters. The molecule has 0 aromatic heterocycles. The summed E-state index contributed by atoms with van der Waals surface area (Å²) < 4.78 is 0. The Labute approximate surface area is 173 Å². The molecule has 3 aliphatic carbocycles. The van der Waals surface area contributed by atoms with E-state index in [0.29, 0.717) is 17.3 Å². The fraction of sp³-hybridized carbons (Fsp3) is 0.600. The van der Waals surface area contributed by atoms with Gasteiger partial charge in [0, 0.05) is 17.1 Å². The highest BCUT2D eigenvalue weighted by atomic mass is 16.4. The van der Waals surface area contributed by atoms with Crippen LogP contribution in [0.25, 0.3) is 0 Å². The summed E-state index contributed by atoms with van der Waals surface area (Å²) in [7, 11) is 0. The maximum absolute atomic E-state index is 13.2. The Kier molecular flexibility index (Phi) is 4.20. The first kappa shape index (κ1) is 18.9. The highest BCUT2D eigenvalue weighted by molar-refractivity contribution is 6.22. The number of hydrogen-bond donors (Lipinski definition) is 1. The van der Waals surface area contributed by atoms with E-state index in [9.17, 15) is 14.7 Å². The van der Waals surface area contributed by atoms with Gasteiger partial charge in [0.25, 0.3) is 5.91 Å². The number of carboxylic acids is 1. The molecule has 1 aromatic rings. The third-order valence-corrected chi connectivity index (χ3v) is 8.99. The van der Waals surface area contributed by atoms with Crippen LogP contribution >= 0.6 is 0 Å². The lowest BCUT2D eigenvalue weighted by atomic mass is 9.48. The monoisotopic (exact) mass is 393 g/mol. The van der Waals surface area contributed by atoms with Crippen LogP contribution in [0.3, 0.4) is 0 Å². The van der Waals surface area contributed by atoms with Crippen molar-refractivity contribution in [3.63, 3.8) is 0 Å². The molecular weight excluding hydrogens is 362 g/mol. The van der Waals surface area contributed by atoms with Crippen LogP contribution in [-0.2, 0) is 9.59 Å². The lowest BCUT2D eigenvalue weighted by Crippen LogP contribution is -2.62. The maximum atomic E-state index is 13.2. The van der Waals surface area contributed by atoms with Crippen LogP contribution in [-0.4, -0.2) is 23.0 Å². The average molecular weight is 394 g/mol. The molecule has 0 bridgehead atoms. The van der Waals surface area contributed by atoms with Crippen molar-refractivity contribution in [2.75, 3.05) is 4.90 Å². The fourth-order valence-electron chi connectivity index (χ4n) is 7.66. The van der Waals surface area contributed by atoms with Gasteiger partial charge in [-0.1, -0.05) is 44.5 Å². The first-order chi connectivity index (χ1) is 13.8. The van der Waals surface area contributed by atoms with Crippen molar-refractivity contribution in [1.82, 2.24) is 0 Å². The van der Waals surface area contributed by atoms with Crippen LogP contribution in [0.4, 0.5) is 5.69 Å². The van der Waals surface area contributed by atoms with Gasteiger partial charge in [-0.2, -0.15) is 0 Å². The normalized spacial score (nSPS) is 41.2. The van der Waals surface area contributed by atoms with Gasteiger partial charge in [0.2, 0.25) is 0 Å². The predicted octanol–water partition coefficient (Wildman–Crippen LogP) is 5.05. The van der Waals surface area contributed by atoms with Crippen molar-refractivity contribution < 1.29 is 14.7 Å². The summed E-state index contributed by atoms with van der Waals surface area (Å²) in [4.78, 5) is 27.1. The third kappa shape index (κ3) is 2.64. The summed E-state index contributed by atoms with van der Waals surface area (Å²) in [5.74, 6) is 0.398. The lowest BCUT2D eigenvalue weighted by Gasteiger charge is -2.60. The van der Waals surface area contributed by atoms with E-state index < -0.39 is 5.97 Å². The van der Waals surface area contributed by atoms with Gasteiger partial charge in [-0.15, -0.1) is 0 Å². The number of nitrogens with zero attached hydrogens (tertiary/aromatic N) is 1. The summed E-state index contributed by atoms with van der Waals surface area (Å²) in [6, 6.07) is 9.69. The third-order valence-electron chi connectivity index (χ3n) is 8.99. The van der Waals surface area contributed by atoms with Crippen LogP contribution in [0.1, 0.15) is 58.8 Å². The van der Waals surface area contributed by atoms with Crippen molar-refractivity contribution in [1.29, 1.82) is 0 Å². The topological polar surface area (TPSA) is 57.6 Å². The molecular formula is C25H31NO3. The molecule has 3 fully saturated rings. The Balaban J connectivity index is 1.61. The Morgan fingerprint density at radius 2 is 1.79 bits per heavy atom. The van der Waals surface area contributed by atoms with Crippen LogP contribution < -0.4 is 4.90 Å². The smallest absolute Gasteiger partial charge is 0.341 e. The molecule has 1 heterocycles. The zero-order chi connectivity index (χ0) is 20.4. The number of carbonyl (C=O) groups is 2. The van der Waals surface area contributed by atoms with Gasteiger partial charge in [-0.05, 0) is 73.8 Å². The number of anilines is 1. The molecule has 0 spiro atoms. The molecule has 4 aliphatic rings. The number of hydrogen-bond acceptors (Lipinski definition) is 2. The number of aliphatic carboxylic acids is 1. The number of para-hydroxylation sites is 1. The number of benzene rings is 1. The number of rotatable bonds is 2. The minimum atomic E-state index is -1.10. The maximum Gasteiger partial charge on any atom is 0.341 e. The van der Waals surface area contributed by atoms with Crippen molar-refractivity contribution in [2.24, 2.45) is 28.6 Å². The van der Waals surface area contributed by atoms with E-state index in [2.05, 4.69) is 13.8 Å². The minimum absolute atomic E-state index is 0.0347. The van der Waals surface area contributed by atoms with E-state index in [1.807, 2.05) is 41.3 Å². The van der Waals surface area contributed by atoms with Crippen LogP contribution in [0.15, 0.2) is 42.0 Å². The van der Waals surface area contributed by atoms with Crippen molar-refractivity contribution in [3.8, 4) is 0 Å². The summed E-state index contributed by atoms with van der Waals surface area (Å²) >= 11 is 0. The summed E-state index contributed by atoms with van der Waals surface area (Å²) in [5, 5.41) is 9.85. The molecule has 1 N–H and O–H groups in total. The number of fused-ring (bicyclic) bond motifs is 5. The van der Waals surface area contributed by atoms with Crippen molar-refractivity contribution >= 4 is 17.6 Å². The SMILES string of the molecule is C[C@@]12CCC[C@H]1[C@@H]1CCC3N(c4ccccc4)C(=O)C(C(=O)O)=C[C@]3(C)[C@@H]1CC2. The molecule has 5 rings (SSSR count). The zero-order valence-corrected chi connectivity index (χ0v) is 17.4. The molecule has 0 radical (unpaired) electrons.